The van der Waals surface area contributed by atoms with E-state index in [2.05, 4.69) is 27.7 Å². The van der Waals surface area contributed by atoms with Crippen LogP contribution < -0.4 is 0 Å². The highest BCUT2D eigenvalue weighted by Crippen LogP contribution is 2.25. The zero-order valence-corrected chi connectivity index (χ0v) is 24.1. The van der Waals surface area contributed by atoms with Gasteiger partial charge in [0.1, 0.15) is 0 Å². The molecule has 0 amide bonds. The van der Waals surface area contributed by atoms with Crippen LogP contribution in [0.15, 0.2) is 0 Å². The van der Waals surface area contributed by atoms with Crippen LogP contribution in [0.4, 0.5) is 0 Å². The van der Waals surface area contributed by atoms with Crippen LogP contribution in [0.25, 0.3) is 0 Å². The maximum Gasteiger partial charge on any atom is 0.282 e. The molecule has 0 unspecified atom stereocenters. The van der Waals surface area contributed by atoms with Gasteiger partial charge in [0.25, 0.3) is 5.97 Å². The van der Waals surface area contributed by atoms with Gasteiger partial charge in [-0.3, -0.25) is 0 Å². The first kappa shape index (κ1) is 33.9. The molecular formula is C31H64O3. The van der Waals surface area contributed by atoms with Gasteiger partial charge < -0.3 is 14.2 Å². The highest BCUT2D eigenvalue weighted by molar-refractivity contribution is 4.60. The summed E-state index contributed by atoms with van der Waals surface area (Å²) in [5, 5.41) is 0. The fraction of sp³-hybridized carbons (Fsp3) is 1.00. The number of rotatable bonds is 29. The Morgan fingerprint density at radius 3 is 0.853 bits per heavy atom. The van der Waals surface area contributed by atoms with Crippen LogP contribution in [0.3, 0.4) is 0 Å². The third kappa shape index (κ3) is 22.4. The van der Waals surface area contributed by atoms with Gasteiger partial charge in [-0.15, -0.1) is 0 Å². The highest BCUT2D eigenvalue weighted by Gasteiger charge is 2.32. The number of unbranched alkanes of at least 4 members (excludes halogenated alkanes) is 18. The first-order chi connectivity index (χ1) is 16.7. The van der Waals surface area contributed by atoms with Crippen LogP contribution in [0.2, 0.25) is 0 Å². The fourth-order valence-corrected chi connectivity index (χ4v) is 4.51. The summed E-state index contributed by atoms with van der Waals surface area (Å²) in [6, 6.07) is 0. The molecule has 0 aliphatic carbocycles. The summed E-state index contributed by atoms with van der Waals surface area (Å²) in [6.45, 7) is 11.3. The van der Waals surface area contributed by atoms with Crippen molar-refractivity contribution in [1.82, 2.24) is 0 Å². The molecule has 0 bridgehead atoms. The molecule has 0 aromatic carbocycles. The Morgan fingerprint density at radius 1 is 0.324 bits per heavy atom. The highest BCUT2D eigenvalue weighted by atomic mass is 16.9. The Morgan fingerprint density at radius 2 is 0.588 bits per heavy atom. The predicted octanol–water partition coefficient (Wildman–Crippen LogP) is 10.7. The number of hydrogen-bond acceptors (Lipinski definition) is 3. The summed E-state index contributed by atoms with van der Waals surface area (Å²) < 4.78 is 19.1. The molecule has 0 radical (unpaired) electrons. The maximum absolute atomic E-state index is 6.37. The molecule has 206 valence electrons. The Balaban J connectivity index is 4.38. The van der Waals surface area contributed by atoms with Crippen molar-refractivity contribution in [1.29, 1.82) is 0 Å². The van der Waals surface area contributed by atoms with Crippen molar-refractivity contribution in [3.8, 4) is 0 Å². The Labute approximate surface area is 215 Å². The topological polar surface area (TPSA) is 27.7 Å². The molecule has 3 heteroatoms. The van der Waals surface area contributed by atoms with Gasteiger partial charge >= 0.3 is 0 Å². The second-order valence-electron chi connectivity index (χ2n) is 10.3. The second-order valence-corrected chi connectivity index (χ2v) is 10.3. The quantitative estimate of drug-likeness (QED) is 0.0780. The summed E-state index contributed by atoms with van der Waals surface area (Å²) in [5.74, 6) is -0.818. The zero-order valence-electron chi connectivity index (χ0n) is 24.1. The van der Waals surface area contributed by atoms with E-state index in [1.165, 1.54) is 116 Å². The first-order valence-electron chi connectivity index (χ1n) is 15.7. The predicted molar refractivity (Wildman–Crippen MR) is 149 cm³/mol. The van der Waals surface area contributed by atoms with E-state index in [0.29, 0.717) is 0 Å². The molecule has 34 heavy (non-hydrogen) atoms. The van der Waals surface area contributed by atoms with Gasteiger partial charge in [-0.25, -0.2) is 0 Å². The van der Waals surface area contributed by atoms with Crippen LogP contribution in [0, 0.1) is 0 Å². The van der Waals surface area contributed by atoms with E-state index in [4.69, 9.17) is 14.2 Å². The molecule has 0 N–H and O–H groups in total. The van der Waals surface area contributed by atoms with Crippen molar-refractivity contribution in [3.63, 3.8) is 0 Å². The van der Waals surface area contributed by atoms with E-state index >= 15 is 0 Å². The summed E-state index contributed by atoms with van der Waals surface area (Å²) >= 11 is 0. The summed E-state index contributed by atoms with van der Waals surface area (Å²) in [4.78, 5) is 0. The lowest BCUT2D eigenvalue weighted by molar-refractivity contribution is -0.384. The van der Waals surface area contributed by atoms with E-state index in [0.717, 1.165) is 51.9 Å². The molecule has 0 aliphatic heterocycles. The van der Waals surface area contributed by atoms with Crippen LogP contribution in [0.1, 0.15) is 175 Å². The molecule has 0 aromatic heterocycles. The standard InChI is InChI=1S/C31H64O3/c1-5-9-12-15-18-21-24-28-32-31(27-8-4,33-29-25-22-19-16-13-10-6-2)34-30-26-23-20-17-14-11-7-3/h5-30H2,1-4H3. The SMILES string of the molecule is CCCCCCCCCOC(CCC)(OCCCCCCCCC)OCCCCCCCCC. The summed E-state index contributed by atoms with van der Waals surface area (Å²) in [5.41, 5.74) is 0. The number of ether oxygens (including phenoxy) is 3. The molecule has 0 aromatic rings. The largest absolute Gasteiger partial charge is 0.327 e. The lowest BCUT2D eigenvalue weighted by Gasteiger charge is -2.33. The number of hydrogen-bond donors (Lipinski definition) is 0. The first-order valence-corrected chi connectivity index (χ1v) is 15.7. The van der Waals surface area contributed by atoms with Crippen molar-refractivity contribution < 1.29 is 14.2 Å². The molecule has 0 aliphatic rings. The van der Waals surface area contributed by atoms with E-state index < -0.39 is 5.97 Å². The molecule has 0 fully saturated rings. The molecule has 0 saturated carbocycles. The second kappa shape index (κ2) is 27.5. The molecule has 3 nitrogen and oxygen atoms in total. The van der Waals surface area contributed by atoms with Crippen molar-refractivity contribution >= 4 is 0 Å². The van der Waals surface area contributed by atoms with E-state index in [1.807, 2.05) is 0 Å². The van der Waals surface area contributed by atoms with Crippen LogP contribution >= 0.6 is 0 Å². The van der Waals surface area contributed by atoms with Crippen LogP contribution in [0.5, 0.6) is 0 Å². The van der Waals surface area contributed by atoms with Crippen molar-refractivity contribution in [2.24, 2.45) is 0 Å². The average molecular weight is 485 g/mol. The molecular weight excluding hydrogens is 420 g/mol. The minimum absolute atomic E-state index is 0.752. The Bertz CT molecular complexity index is 321. The van der Waals surface area contributed by atoms with Gasteiger partial charge in [0, 0.05) is 6.42 Å². The minimum Gasteiger partial charge on any atom is -0.327 e. The summed E-state index contributed by atoms with van der Waals surface area (Å²) in [7, 11) is 0. The molecule has 0 rings (SSSR count). The van der Waals surface area contributed by atoms with Crippen molar-refractivity contribution in [2.75, 3.05) is 19.8 Å². The molecule has 0 atom stereocenters. The van der Waals surface area contributed by atoms with E-state index in [-0.39, 0.29) is 0 Å². The van der Waals surface area contributed by atoms with Crippen LogP contribution in [-0.4, -0.2) is 25.8 Å². The Kier molecular flexibility index (Phi) is 27.4. The third-order valence-electron chi connectivity index (χ3n) is 6.77. The van der Waals surface area contributed by atoms with Crippen molar-refractivity contribution in [3.05, 3.63) is 0 Å². The van der Waals surface area contributed by atoms with Gasteiger partial charge in [0.15, 0.2) is 0 Å². The van der Waals surface area contributed by atoms with Gasteiger partial charge in [-0.1, -0.05) is 143 Å². The van der Waals surface area contributed by atoms with Gasteiger partial charge in [0.05, 0.1) is 19.8 Å². The maximum atomic E-state index is 6.37. The lowest BCUT2D eigenvalue weighted by atomic mass is 10.1. The average Bonchev–Trinajstić information content (AvgIpc) is 2.84. The smallest absolute Gasteiger partial charge is 0.282 e. The lowest BCUT2D eigenvalue weighted by Crippen LogP contribution is -2.40. The molecule has 0 heterocycles. The third-order valence-corrected chi connectivity index (χ3v) is 6.77. The fourth-order valence-electron chi connectivity index (χ4n) is 4.51. The molecule has 0 spiro atoms. The zero-order chi connectivity index (χ0) is 25.0. The van der Waals surface area contributed by atoms with Crippen molar-refractivity contribution in [2.45, 2.75) is 181 Å². The minimum atomic E-state index is -0.818. The van der Waals surface area contributed by atoms with Gasteiger partial charge in [-0.2, -0.15) is 0 Å². The summed E-state index contributed by atoms with van der Waals surface area (Å²) in [6.07, 6.45) is 29.2. The van der Waals surface area contributed by atoms with Gasteiger partial charge in [0.2, 0.25) is 0 Å². The monoisotopic (exact) mass is 484 g/mol. The normalized spacial score (nSPS) is 12.0. The van der Waals surface area contributed by atoms with E-state index in [1.54, 1.807) is 0 Å². The van der Waals surface area contributed by atoms with E-state index in [9.17, 15) is 0 Å². The Hall–Kier alpha value is -0.120. The molecule has 0 saturated heterocycles. The van der Waals surface area contributed by atoms with Crippen LogP contribution in [-0.2, 0) is 14.2 Å². The van der Waals surface area contributed by atoms with Gasteiger partial charge in [-0.05, 0) is 25.7 Å².